The molecule has 38 heavy (non-hydrogen) atoms. The molecule has 0 aliphatic heterocycles. The van der Waals surface area contributed by atoms with Crippen molar-refractivity contribution in [2.45, 2.75) is 4.90 Å². The zero-order chi connectivity index (χ0) is 26.5. The summed E-state index contributed by atoms with van der Waals surface area (Å²) in [5.41, 5.74) is 13.3. The molecule has 0 atom stereocenters. The number of nitrogen functional groups attached to an aromatic ring is 1. The third-order valence-corrected chi connectivity index (χ3v) is 6.89. The van der Waals surface area contributed by atoms with Gasteiger partial charge < -0.3 is 11.1 Å². The molecule has 0 amide bonds. The summed E-state index contributed by atoms with van der Waals surface area (Å²) in [5.74, 6) is 0. The maximum atomic E-state index is 11.7. The van der Waals surface area contributed by atoms with Crippen LogP contribution < -0.4 is 11.1 Å². The van der Waals surface area contributed by atoms with E-state index in [9.17, 15) is 13.0 Å². The van der Waals surface area contributed by atoms with E-state index in [0.717, 1.165) is 33.6 Å². The van der Waals surface area contributed by atoms with Crippen molar-refractivity contribution in [1.82, 2.24) is 0 Å². The van der Waals surface area contributed by atoms with Crippen molar-refractivity contribution in [2.75, 3.05) is 11.1 Å². The van der Waals surface area contributed by atoms with Crippen LogP contribution >= 0.6 is 0 Å². The molecule has 0 saturated heterocycles. The van der Waals surface area contributed by atoms with E-state index in [1.807, 2.05) is 91.0 Å². The Morgan fingerprint density at radius 3 is 1.87 bits per heavy atom. The number of anilines is 3. The number of para-hydroxylation sites is 2. The number of aliphatic imine (C=N–C) groups is 1. The van der Waals surface area contributed by atoms with Gasteiger partial charge in [0.2, 0.25) is 0 Å². The molecule has 5 rings (SSSR count). The Kier molecular flexibility index (Phi) is 7.04. The van der Waals surface area contributed by atoms with Crippen molar-refractivity contribution in [2.24, 2.45) is 4.99 Å². The van der Waals surface area contributed by atoms with Gasteiger partial charge in [0.05, 0.1) is 11.4 Å². The van der Waals surface area contributed by atoms with E-state index in [2.05, 4.69) is 22.4 Å². The minimum atomic E-state index is -4.39. The van der Waals surface area contributed by atoms with Gasteiger partial charge in [0, 0.05) is 17.1 Å². The van der Waals surface area contributed by atoms with Crippen molar-refractivity contribution in [3.05, 3.63) is 144 Å². The van der Waals surface area contributed by atoms with Gasteiger partial charge in [-0.15, -0.1) is 0 Å². The predicted molar refractivity (Wildman–Crippen MR) is 155 cm³/mol. The highest BCUT2D eigenvalue weighted by molar-refractivity contribution is 7.86. The van der Waals surface area contributed by atoms with Gasteiger partial charge in [-0.3, -0.25) is 4.55 Å². The molecule has 0 fully saturated rings. The molecule has 4 N–H and O–H groups in total. The second-order valence-corrected chi connectivity index (χ2v) is 10.1. The van der Waals surface area contributed by atoms with Gasteiger partial charge in [0.1, 0.15) is 4.90 Å². The minimum Gasteiger partial charge on any atom is -0.399 e. The van der Waals surface area contributed by atoms with Gasteiger partial charge in [-0.2, -0.15) is 8.42 Å². The lowest BCUT2D eigenvalue weighted by molar-refractivity contribution is 0.483. The van der Waals surface area contributed by atoms with Gasteiger partial charge >= 0.3 is 0 Å². The Morgan fingerprint density at radius 2 is 1.24 bits per heavy atom. The van der Waals surface area contributed by atoms with Crippen LogP contribution in [0.3, 0.4) is 0 Å². The largest absolute Gasteiger partial charge is 0.399 e. The Morgan fingerprint density at radius 1 is 0.684 bits per heavy atom. The first kappa shape index (κ1) is 25.0. The van der Waals surface area contributed by atoms with Crippen LogP contribution in [0.5, 0.6) is 0 Å². The summed E-state index contributed by atoms with van der Waals surface area (Å²) in [6.45, 7) is 0. The van der Waals surface area contributed by atoms with E-state index in [1.165, 1.54) is 6.07 Å². The summed E-state index contributed by atoms with van der Waals surface area (Å²) in [6.07, 6.45) is 7.52. The van der Waals surface area contributed by atoms with Crippen LogP contribution in [0.4, 0.5) is 22.7 Å². The SMILES string of the molecule is Nc1ccc(C(=C2C=CC(=Nc3ccccc3S(=O)(=O)O)C=C2)c2ccc(Nc3ccccc3)cc2)cc1. The summed E-state index contributed by atoms with van der Waals surface area (Å²) in [5, 5.41) is 3.40. The quantitative estimate of drug-likeness (QED) is 0.189. The summed E-state index contributed by atoms with van der Waals surface area (Å²) in [4.78, 5) is 4.21. The van der Waals surface area contributed by atoms with Crippen LogP contribution in [-0.4, -0.2) is 18.7 Å². The first-order chi connectivity index (χ1) is 18.4. The lowest BCUT2D eigenvalue weighted by Crippen LogP contribution is -2.01. The average Bonchev–Trinajstić information content (AvgIpc) is 2.92. The molecule has 0 radical (unpaired) electrons. The molecule has 0 spiro atoms. The molecule has 0 unspecified atom stereocenters. The molecule has 1 aliphatic rings. The highest BCUT2D eigenvalue weighted by atomic mass is 32.2. The third kappa shape index (κ3) is 5.81. The third-order valence-electron chi connectivity index (χ3n) is 5.98. The fourth-order valence-electron chi connectivity index (χ4n) is 4.17. The summed E-state index contributed by atoms with van der Waals surface area (Å²) >= 11 is 0. The lowest BCUT2D eigenvalue weighted by Gasteiger charge is -2.15. The monoisotopic (exact) mass is 519 g/mol. The van der Waals surface area contributed by atoms with Gasteiger partial charge in [-0.1, -0.05) is 66.7 Å². The number of hydrogen-bond donors (Lipinski definition) is 3. The normalized spacial score (nSPS) is 12.9. The van der Waals surface area contributed by atoms with Crippen molar-refractivity contribution in [3.63, 3.8) is 0 Å². The van der Waals surface area contributed by atoms with Gasteiger partial charge in [0.15, 0.2) is 0 Å². The van der Waals surface area contributed by atoms with Crippen molar-refractivity contribution in [3.8, 4) is 0 Å². The molecule has 6 nitrogen and oxygen atoms in total. The smallest absolute Gasteiger partial charge is 0.296 e. The molecule has 0 saturated carbocycles. The topological polar surface area (TPSA) is 105 Å². The number of nitrogens with zero attached hydrogens (tertiary/aromatic N) is 1. The van der Waals surface area contributed by atoms with Gasteiger partial charge in [-0.05, 0) is 83.0 Å². The highest BCUT2D eigenvalue weighted by Crippen LogP contribution is 2.32. The van der Waals surface area contributed by atoms with Crippen molar-refractivity contribution < 1.29 is 13.0 Å². The van der Waals surface area contributed by atoms with Crippen molar-refractivity contribution >= 4 is 44.2 Å². The van der Waals surface area contributed by atoms with Crippen molar-refractivity contribution in [1.29, 1.82) is 0 Å². The molecule has 0 aromatic heterocycles. The zero-order valence-electron chi connectivity index (χ0n) is 20.3. The highest BCUT2D eigenvalue weighted by Gasteiger charge is 2.15. The van der Waals surface area contributed by atoms with Crippen LogP contribution in [0, 0.1) is 0 Å². The number of hydrogen-bond acceptors (Lipinski definition) is 5. The zero-order valence-corrected chi connectivity index (χ0v) is 21.1. The molecular formula is C31H25N3O3S. The number of nitrogens with one attached hydrogen (secondary N) is 1. The molecular weight excluding hydrogens is 494 g/mol. The summed E-state index contributed by atoms with van der Waals surface area (Å²) < 4.78 is 33.0. The van der Waals surface area contributed by atoms with Gasteiger partial charge in [0.25, 0.3) is 10.1 Å². The fraction of sp³-hybridized carbons (Fsp3) is 0. The standard InChI is InChI=1S/C31H25N3O3S/c32-25-16-10-22(11-17-25)31(23-12-18-27(19-13-23)33-26-6-2-1-3-7-26)24-14-20-28(21-15-24)34-29-8-4-5-9-30(29)38(35,36)37/h1-21,33H,32H2,(H,35,36,37). The summed E-state index contributed by atoms with van der Waals surface area (Å²) in [7, 11) is -4.39. The van der Waals surface area contributed by atoms with E-state index >= 15 is 0 Å². The molecule has 7 heteroatoms. The predicted octanol–water partition coefficient (Wildman–Crippen LogP) is 6.96. The van der Waals surface area contributed by atoms with E-state index < -0.39 is 10.1 Å². The minimum absolute atomic E-state index is 0.173. The first-order valence-electron chi connectivity index (χ1n) is 11.9. The van der Waals surface area contributed by atoms with E-state index in [1.54, 1.807) is 18.2 Å². The molecule has 1 aliphatic carbocycles. The van der Waals surface area contributed by atoms with Gasteiger partial charge in [-0.25, -0.2) is 4.99 Å². The van der Waals surface area contributed by atoms with E-state index in [0.29, 0.717) is 11.4 Å². The Balaban J connectivity index is 1.50. The Labute approximate surface area is 221 Å². The lowest BCUT2D eigenvalue weighted by atomic mass is 9.90. The van der Waals surface area contributed by atoms with E-state index in [-0.39, 0.29) is 10.6 Å². The van der Waals surface area contributed by atoms with Crippen LogP contribution in [-0.2, 0) is 10.1 Å². The second kappa shape index (κ2) is 10.7. The maximum absolute atomic E-state index is 11.7. The number of nitrogens with two attached hydrogens (primary N) is 1. The molecule has 4 aromatic rings. The second-order valence-electron chi connectivity index (χ2n) is 8.67. The average molecular weight is 520 g/mol. The first-order valence-corrected chi connectivity index (χ1v) is 13.3. The van der Waals surface area contributed by atoms with Crippen LogP contribution in [0.15, 0.2) is 143 Å². The van der Waals surface area contributed by atoms with Crippen LogP contribution in [0.2, 0.25) is 0 Å². The van der Waals surface area contributed by atoms with Crippen LogP contribution in [0.25, 0.3) is 5.57 Å². The molecule has 4 aromatic carbocycles. The Bertz CT molecular complexity index is 1670. The number of rotatable bonds is 6. The molecule has 0 heterocycles. The van der Waals surface area contributed by atoms with E-state index in [4.69, 9.17) is 5.73 Å². The molecule has 0 bridgehead atoms. The maximum Gasteiger partial charge on any atom is 0.296 e. The summed E-state index contributed by atoms with van der Waals surface area (Å²) in [6, 6.07) is 32.0. The number of benzene rings is 4. The van der Waals surface area contributed by atoms with Crippen LogP contribution in [0.1, 0.15) is 11.1 Å². The fourth-order valence-corrected chi connectivity index (χ4v) is 4.80. The Hall–Kier alpha value is -4.72. The number of allylic oxidation sites excluding steroid dienone is 5. The molecule has 188 valence electrons.